The van der Waals surface area contributed by atoms with E-state index in [1.54, 1.807) is 0 Å². The normalized spacial score (nSPS) is 12.3. The summed E-state index contributed by atoms with van der Waals surface area (Å²) in [6.07, 6.45) is 0.0716. The van der Waals surface area contributed by atoms with Crippen molar-refractivity contribution in [2.75, 3.05) is 5.32 Å². The van der Waals surface area contributed by atoms with Crippen molar-refractivity contribution in [1.29, 1.82) is 0 Å². The maximum atomic E-state index is 6.20. The first kappa shape index (κ1) is 15.6. The Bertz CT molecular complexity index is 614. The fourth-order valence-electron chi connectivity index (χ4n) is 1.98. The number of alkyl halides is 1. The number of ether oxygens (including phenoxy) is 1. The highest BCUT2D eigenvalue weighted by Crippen LogP contribution is 2.29. The van der Waals surface area contributed by atoms with Gasteiger partial charge in [-0.05, 0) is 39.3 Å². The molecule has 1 N–H and O–H groups in total. The van der Waals surface area contributed by atoms with Gasteiger partial charge in [-0.25, -0.2) is 4.98 Å². The molecule has 1 heterocycles. The SMILES string of the molecule is Cc1cc(OC(C)C)nc(Nc2ccccc2C(C)Cl)n1. The van der Waals surface area contributed by atoms with Crippen LogP contribution >= 0.6 is 11.6 Å². The molecule has 21 heavy (non-hydrogen) atoms. The molecule has 1 aromatic carbocycles. The smallest absolute Gasteiger partial charge is 0.230 e. The van der Waals surface area contributed by atoms with Crippen molar-refractivity contribution in [2.24, 2.45) is 0 Å². The highest BCUT2D eigenvalue weighted by molar-refractivity contribution is 6.21. The van der Waals surface area contributed by atoms with Gasteiger partial charge < -0.3 is 10.1 Å². The number of anilines is 2. The van der Waals surface area contributed by atoms with Gasteiger partial charge in [-0.15, -0.1) is 11.6 Å². The van der Waals surface area contributed by atoms with Crippen LogP contribution in [0.5, 0.6) is 5.88 Å². The van der Waals surface area contributed by atoms with Gasteiger partial charge in [-0.1, -0.05) is 18.2 Å². The Morgan fingerprint density at radius 2 is 1.86 bits per heavy atom. The number of halogens is 1. The highest BCUT2D eigenvalue weighted by Gasteiger charge is 2.10. The van der Waals surface area contributed by atoms with E-state index < -0.39 is 0 Å². The lowest BCUT2D eigenvalue weighted by Crippen LogP contribution is -2.09. The second-order valence-electron chi connectivity index (χ2n) is 5.17. The lowest BCUT2D eigenvalue weighted by atomic mass is 10.1. The molecule has 0 saturated carbocycles. The van der Waals surface area contributed by atoms with Crippen LogP contribution in [0.15, 0.2) is 30.3 Å². The predicted molar refractivity (Wildman–Crippen MR) is 86.5 cm³/mol. The van der Waals surface area contributed by atoms with E-state index in [2.05, 4.69) is 15.3 Å². The molecule has 0 fully saturated rings. The van der Waals surface area contributed by atoms with Crippen LogP contribution in [0.25, 0.3) is 0 Å². The van der Waals surface area contributed by atoms with Crippen LogP contribution in [0.4, 0.5) is 11.6 Å². The summed E-state index contributed by atoms with van der Waals surface area (Å²) in [4.78, 5) is 8.77. The van der Waals surface area contributed by atoms with E-state index in [1.165, 1.54) is 0 Å². The number of hydrogen-bond acceptors (Lipinski definition) is 4. The van der Waals surface area contributed by atoms with E-state index >= 15 is 0 Å². The molecule has 0 amide bonds. The molecule has 1 aromatic heterocycles. The summed E-state index contributed by atoms with van der Waals surface area (Å²) in [7, 11) is 0. The predicted octanol–water partition coefficient (Wildman–Crippen LogP) is 4.62. The van der Waals surface area contributed by atoms with Crippen molar-refractivity contribution in [3.05, 3.63) is 41.6 Å². The zero-order valence-corrected chi connectivity index (χ0v) is 13.5. The largest absolute Gasteiger partial charge is 0.475 e. The van der Waals surface area contributed by atoms with Gasteiger partial charge >= 0.3 is 0 Å². The van der Waals surface area contributed by atoms with Crippen molar-refractivity contribution < 1.29 is 4.74 Å². The maximum absolute atomic E-state index is 6.20. The van der Waals surface area contributed by atoms with Gasteiger partial charge in [-0.2, -0.15) is 4.98 Å². The summed E-state index contributed by atoms with van der Waals surface area (Å²) in [5, 5.41) is 3.13. The lowest BCUT2D eigenvalue weighted by Gasteiger charge is -2.14. The molecule has 0 saturated heterocycles. The number of hydrogen-bond donors (Lipinski definition) is 1. The molecule has 4 nitrogen and oxygen atoms in total. The molecule has 1 unspecified atom stereocenters. The monoisotopic (exact) mass is 305 g/mol. The van der Waals surface area contributed by atoms with Gasteiger partial charge in [-0.3, -0.25) is 0 Å². The quantitative estimate of drug-likeness (QED) is 0.819. The molecule has 2 rings (SSSR count). The van der Waals surface area contributed by atoms with Crippen molar-refractivity contribution in [2.45, 2.75) is 39.2 Å². The van der Waals surface area contributed by atoms with Gasteiger partial charge in [0.2, 0.25) is 11.8 Å². The van der Waals surface area contributed by atoms with E-state index in [4.69, 9.17) is 16.3 Å². The number of para-hydroxylation sites is 1. The third-order valence-electron chi connectivity index (χ3n) is 2.82. The van der Waals surface area contributed by atoms with Crippen LogP contribution in [-0.2, 0) is 0 Å². The van der Waals surface area contributed by atoms with Crippen molar-refractivity contribution in [3.63, 3.8) is 0 Å². The average Bonchev–Trinajstić information content (AvgIpc) is 2.37. The molecule has 1 atom stereocenters. The van der Waals surface area contributed by atoms with E-state index in [0.29, 0.717) is 11.8 Å². The van der Waals surface area contributed by atoms with Crippen molar-refractivity contribution in [3.8, 4) is 5.88 Å². The molecule has 2 aromatic rings. The Morgan fingerprint density at radius 3 is 2.52 bits per heavy atom. The molecule has 112 valence electrons. The minimum Gasteiger partial charge on any atom is -0.475 e. The minimum absolute atomic E-state index is 0.0716. The highest BCUT2D eigenvalue weighted by atomic mass is 35.5. The number of benzene rings is 1. The standard InChI is InChI=1S/C16H20ClN3O/c1-10(2)21-15-9-11(3)18-16(20-15)19-14-8-6-5-7-13(14)12(4)17/h5-10,12H,1-4H3,(H,18,19,20). The zero-order valence-electron chi connectivity index (χ0n) is 12.7. The van der Waals surface area contributed by atoms with Crippen LogP contribution in [0, 0.1) is 6.92 Å². The van der Waals surface area contributed by atoms with E-state index in [-0.39, 0.29) is 11.5 Å². The van der Waals surface area contributed by atoms with Crippen LogP contribution in [0.1, 0.15) is 37.4 Å². The molecular weight excluding hydrogens is 286 g/mol. The lowest BCUT2D eigenvalue weighted by molar-refractivity contribution is 0.232. The Kier molecular flexibility index (Phi) is 5.02. The zero-order chi connectivity index (χ0) is 15.4. The summed E-state index contributed by atoms with van der Waals surface area (Å²) >= 11 is 6.20. The molecule has 0 aliphatic rings. The van der Waals surface area contributed by atoms with Crippen molar-refractivity contribution in [1.82, 2.24) is 9.97 Å². The molecule has 0 bridgehead atoms. The van der Waals surface area contributed by atoms with Crippen LogP contribution in [-0.4, -0.2) is 16.1 Å². The number of aromatic nitrogens is 2. The van der Waals surface area contributed by atoms with E-state index in [1.807, 2.05) is 58.0 Å². The minimum atomic E-state index is -0.0927. The van der Waals surface area contributed by atoms with E-state index in [9.17, 15) is 0 Å². The van der Waals surface area contributed by atoms with Crippen LogP contribution < -0.4 is 10.1 Å². The number of aryl methyl sites for hydroxylation is 1. The Hall–Kier alpha value is -1.81. The number of nitrogens with zero attached hydrogens (tertiary/aromatic N) is 2. The molecule has 0 aliphatic heterocycles. The second kappa shape index (κ2) is 6.76. The maximum Gasteiger partial charge on any atom is 0.230 e. The van der Waals surface area contributed by atoms with Crippen molar-refractivity contribution >= 4 is 23.2 Å². The third-order valence-corrected chi connectivity index (χ3v) is 3.06. The van der Waals surface area contributed by atoms with Crippen LogP contribution in [0.2, 0.25) is 0 Å². The summed E-state index contributed by atoms with van der Waals surface area (Å²) in [5.41, 5.74) is 2.76. The molecule has 0 aliphatic carbocycles. The number of nitrogens with one attached hydrogen (secondary N) is 1. The van der Waals surface area contributed by atoms with E-state index in [0.717, 1.165) is 16.9 Å². The second-order valence-corrected chi connectivity index (χ2v) is 5.82. The van der Waals surface area contributed by atoms with Gasteiger partial charge in [0.1, 0.15) is 0 Å². The van der Waals surface area contributed by atoms with Gasteiger partial charge in [0.05, 0.1) is 11.5 Å². The molecule has 0 spiro atoms. The fraction of sp³-hybridized carbons (Fsp3) is 0.375. The van der Waals surface area contributed by atoms with Gasteiger partial charge in [0, 0.05) is 17.4 Å². The topological polar surface area (TPSA) is 47.0 Å². The first-order valence-corrected chi connectivity index (χ1v) is 7.41. The third kappa shape index (κ3) is 4.33. The average molecular weight is 306 g/mol. The molecular formula is C16H20ClN3O. The van der Waals surface area contributed by atoms with Crippen LogP contribution in [0.3, 0.4) is 0 Å². The summed E-state index contributed by atoms with van der Waals surface area (Å²) in [6.45, 7) is 7.78. The Labute approximate surface area is 130 Å². The summed E-state index contributed by atoms with van der Waals surface area (Å²) < 4.78 is 5.63. The molecule has 0 radical (unpaired) electrons. The number of rotatable bonds is 5. The first-order chi connectivity index (χ1) is 9.95. The Morgan fingerprint density at radius 1 is 1.14 bits per heavy atom. The van der Waals surface area contributed by atoms with Gasteiger partial charge in [0.15, 0.2) is 0 Å². The Balaban J connectivity index is 2.29. The first-order valence-electron chi connectivity index (χ1n) is 6.98. The van der Waals surface area contributed by atoms with Gasteiger partial charge in [0.25, 0.3) is 0 Å². The molecule has 5 heteroatoms. The summed E-state index contributed by atoms with van der Waals surface area (Å²) in [6, 6.07) is 9.68. The summed E-state index contributed by atoms with van der Waals surface area (Å²) in [5.74, 6) is 1.08. The fourth-order valence-corrected chi connectivity index (χ4v) is 2.17.